The Hall–Kier alpha value is -0.430. The van der Waals surface area contributed by atoms with Gasteiger partial charge in [0, 0.05) is 0 Å². The Morgan fingerprint density at radius 1 is 1.46 bits per heavy atom. The SMILES string of the molecule is NN=CNOP(=O)(O)CP(=O)(O)O. The Balaban J connectivity index is 4.10. The molecule has 0 aromatic rings. The molecular weight excluding hydrogens is 224 g/mol. The van der Waals surface area contributed by atoms with Crippen LogP contribution in [-0.4, -0.2) is 26.9 Å². The van der Waals surface area contributed by atoms with Gasteiger partial charge in [0.05, 0.1) is 0 Å². The number of hydrogen-bond donors (Lipinski definition) is 5. The van der Waals surface area contributed by atoms with Crippen LogP contribution >= 0.6 is 15.2 Å². The summed E-state index contributed by atoms with van der Waals surface area (Å²) in [6, 6.07) is 0. The van der Waals surface area contributed by atoms with E-state index in [1.165, 1.54) is 0 Å². The van der Waals surface area contributed by atoms with Crippen molar-refractivity contribution in [3.63, 3.8) is 0 Å². The second kappa shape index (κ2) is 4.71. The first-order chi connectivity index (χ1) is 5.77. The highest BCUT2D eigenvalue weighted by atomic mass is 31.2. The third-order valence-electron chi connectivity index (χ3n) is 0.686. The molecule has 11 heteroatoms. The second-order valence-corrected chi connectivity index (χ2v) is 5.85. The third-order valence-corrected chi connectivity index (χ3v) is 3.98. The molecule has 9 nitrogen and oxygen atoms in total. The second-order valence-electron chi connectivity index (χ2n) is 1.93. The van der Waals surface area contributed by atoms with Crippen LogP contribution in [0.1, 0.15) is 0 Å². The highest BCUT2D eigenvalue weighted by Crippen LogP contribution is 2.54. The van der Waals surface area contributed by atoms with Gasteiger partial charge in [0.25, 0.3) is 0 Å². The van der Waals surface area contributed by atoms with E-state index >= 15 is 0 Å². The zero-order chi connectivity index (χ0) is 10.5. The molecule has 6 N–H and O–H groups in total. The summed E-state index contributed by atoms with van der Waals surface area (Å²) < 4.78 is 25.0. The van der Waals surface area contributed by atoms with Gasteiger partial charge < -0.3 is 20.5 Å². The van der Waals surface area contributed by atoms with Crippen LogP contribution in [0, 0.1) is 0 Å². The Labute approximate surface area is 73.2 Å². The maximum atomic E-state index is 10.8. The number of rotatable bonds is 5. The van der Waals surface area contributed by atoms with Gasteiger partial charge in [0.2, 0.25) is 0 Å². The van der Waals surface area contributed by atoms with Gasteiger partial charge in [-0.25, -0.2) is 5.48 Å². The number of nitrogens with two attached hydrogens (primary N) is 1. The van der Waals surface area contributed by atoms with Crippen molar-refractivity contribution >= 4 is 21.5 Å². The molecule has 78 valence electrons. The smallest absolute Gasteiger partial charge is 0.324 e. The number of hydrazone groups is 1. The van der Waals surface area contributed by atoms with Gasteiger partial charge in [0.1, 0.15) is 6.34 Å². The summed E-state index contributed by atoms with van der Waals surface area (Å²) in [7, 11) is -8.95. The molecule has 1 unspecified atom stereocenters. The van der Waals surface area contributed by atoms with E-state index in [0.717, 1.165) is 6.34 Å². The van der Waals surface area contributed by atoms with Gasteiger partial charge in [-0.1, -0.05) is 0 Å². The van der Waals surface area contributed by atoms with Gasteiger partial charge in [-0.05, 0) is 0 Å². The molecule has 0 aliphatic carbocycles. The van der Waals surface area contributed by atoms with Crippen LogP contribution < -0.4 is 11.3 Å². The molecular formula is C2H9N3O6P2. The van der Waals surface area contributed by atoms with Crippen molar-refractivity contribution < 1.29 is 28.4 Å². The number of nitrogens with zero attached hydrogens (tertiary/aromatic N) is 1. The highest BCUT2D eigenvalue weighted by Gasteiger charge is 2.31. The van der Waals surface area contributed by atoms with Crippen molar-refractivity contribution in [3.05, 3.63) is 0 Å². The largest absolute Gasteiger partial charge is 0.361 e. The van der Waals surface area contributed by atoms with Crippen LogP contribution in [0.3, 0.4) is 0 Å². The summed E-state index contributed by atoms with van der Waals surface area (Å²) in [6.45, 7) is 0. The molecule has 0 aromatic carbocycles. The van der Waals surface area contributed by atoms with Crippen molar-refractivity contribution in [1.82, 2.24) is 5.48 Å². The lowest BCUT2D eigenvalue weighted by Crippen LogP contribution is -2.12. The van der Waals surface area contributed by atoms with E-state index in [0.29, 0.717) is 0 Å². The van der Waals surface area contributed by atoms with E-state index in [-0.39, 0.29) is 0 Å². The van der Waals surface area contributed by atoms with Gasteiger partial charge >= 0.3 is 15.2 Å². The van der Waals surface area contributed by atoms with Crippen molar-refractivity contribution in [1.29, 1.82) is 0 Å². The minimum absolute atomic E-state index is 0.739. The molecule has 0 aliphatic rings. The fraction of sp³-hybridized carbons (Fsp3) is 0.500. The standard InChI is InChI=1S/C2H9N3O6P2/c3-4-1-5-11-13(9,10)2-12(6,7)8/h1H,2-3H2,(H,4,5)(H,9,10)(H2,6,7,8). The highest BCUT2D eigenvalue weighted by molar-refractivity contribution is 7.69. The molecule has 0 heterocycles. The predicted octanol–water partition coefficient (Wildman–Crippen LogP) is -1.27. The van der Waals surface area contributed by atoms with Gasteiger partial charge in [-0.2, -0.15) is 9.73 Å². The van der Waals surface area contributed by atoms with Crippen LogP contribution in [0.15, 0.2) is 5.10 Å². The monoisotopic (exact) mass is 233 g/mol. The van der Waals surface area contributed by atoms with Gasteiger partial charge in [0.15, 0.2) is 5.90 Å². The van der Waals surface area contributed by atoms with Crippen LogP contribution in [0.2, 0.25) is 0 Å². The van der Waals surface area contributed by atoms with E-state index in [1.807, 2.05) is 0 Å². The lowest BCUT2D eigenvalue weighted by molar-refractivity contribution is 0.222. The number of hydrogen-bond acceptors (Lipinski definition) is 5. The van der Waals surface area contributed by atoms with Crippen molar-refractivity contribution in [2.75, 3.05) is 5.90 Å². The molecule has 0 aromatic heterocycles. The van der Waals surface area contributed by atoms with Gasteiger partial charge in [-0.15, -0.1) is 0 Å². The maximum Gasteiger partial charge on any atom is 0.361 e. The summed E-state index contributed by atoms with van der Waals surface area (Å²) in [4.78, 5) is 25.4. The van der Waals surface area contributed by atoms with Crippen molar-refractivity contribution in [3.8, 4) is 0 Å². The summed E-state index contributed by atoms with van der Waals surface area (Å²) in [5.41, 5.74) is 1.72. The molecule has 0 saturated carbocycles. The molecule has 0 bridgehead atoms. The predicted molar refractivity (Wildman–Crippen MR) is 43.6 cm³/mol. The normalized spacial score (nSPS) is 17.2. The summed E-state index contributed by atoms with van der Waals surface area (Å²) in [5.74, 6) is 3.31. The topological polar surface area (TPSA) is 154 Å². The molecule has 0 fully saturated rings. The minimum atomic E-state index is -4.59. The van der Waals surface area contributed by atoms with Crippen molar-refractivity contribution in [2.24, 2.45) is 10.9 Å². The first-order valence-corrected chi connectivity index (χ1v) is 6.35. The van der Waals surface area contributed by atoms with E-state index in [9.17, 15) is 9.13 Å². The molecule has 1 atom stereocenters. The molecule has 0 radical (unpaired) electrons. The molecule has 0 aliphatic heterocycles. The molecule has 0 spiro atoms. The Kier molecular flexibility index (Phi) is 4.55. The number of hydroxylamine groups is 1. The first-order valence-electron chi connectivity index (χ1n) is 2.79. The lowest BCUT2D eigenvalue weighted by atomic mass is 11.4. The molecule has 0 saturated heterocycles. The Morgan fingerprint density at radius 3 is 2.38 bits per heavy atom. The zero-order valence-corrected chi connectivity index (χ0v) is 8.06. The quantitative estimate of drug-likeness (QED) is 0.129. The fourth-order valence-electron chi connectivity index (χ4n) is 0.398. The van der Waals surface area contributed by atoms with Crippen molar-refractivity contribution in [2.45, 2.75) is 0 Å². The van der Waals surface area contributed by atoms with E-state index in [4.69, 9.17) is 14.7 Å². The average molecular weight is 233 g/mol. The molecule has 13 heavy (non-hydrogen) atoms. The fourth-order valence-corrected chi connectivity index (χ4v) is 2.70. The van der Waals surface area contributed by atoms with E-state index in [1.54, 1.807) is 5.48 Å². The number of nitrogens with one attached hydrogen (secondary N) is 1. The lowest BCUT2D eigenvalue weighted by Gasteiger charge is -2.10. The minimum Gasteiger partial charge on any atom is -0.324 e. The van der Waals surface area contributed by atoms with Crippen LogP contribution in [0.4, 0.5) is 0 Å². The van der Waals surface area contributed by atoms with Crippen LogP contribution in [0.5, 0.6) is 0 Å². The van der Waals surface area contributed by atoms with E-state index in [2.05, 4.69) is 15.6 Å². The average Bonchev–Trinajstić information content (AvgIpc) is 1.81. The van der Waals surface area contributed by atoms with Gasteiger partial charge in [-0.3, -0.25) is 9.13 Å². The van der Waals surface area contributed by atoms with Crippen LogP contribution in [-0.2, 0) is 13.8 Å². The maximum absolute atomic E-state index is 10.8. The third kappa shape index (κ3) is 7.92. The first kappa shape index (κ1) is 12.6. The Morgan fingerprint density at radius 2 is 2.00 bits per heavy atom. The zero-order valence-electron chi connectivity index (χ0n) is 6.27. The summed E-state index contributed by atoms with van der Waals surface area (Å²) in [5, 5.41) is 2.85. The molecule has 0 amide bonds. The molecule has 0 rings (SSSR count). The Bertz CT molecular complexity index is 271. The summed E-state index contributed by atoms with van der Waals surface area (Å²) in [6.07, 6.45) is 0.739. The summed E-state index contributed by atoms with van der Waals surface area (Å²) >= 11 is 0. The van der Waals surface area contributed by atoms with E-state index < -0.39 is 21.1 Å². The van der Waals surface area contributed by atoms with Crippen LogP contribution in [0.25, 0.3) is 0 Å².